The van der Waals surface area contributed by atoms with Gasteiger partial charge in [0.05, 0.1) is 16.8 Å². The first kappa shape index (κ1) is 15.7. The van der Waals surface area contributed by atoms with Crippen LogP contribution in [0.3, 0.4) is 0 Å². The molecule has 0 saturated heterocycles. The van der Waals surface area contributed by atoms with Gasteiger partial charge in [-0.15, -0.1) is 11.3 Å². The van der Waals surface area contributed by atoms with E-state index in [4.69, 9.17) is 0 Å². The average molecular weight is 354 g/mol. The smallest absolute Gasteiger partial charge is 0.0957 e. The Balaban J connectivity index is 2.17. The quantitative estimate of drug-likeness (QED) is 0.860. The number of hydrogen-bond acceptors (Lipinski definition) is 3. The van der Waals surface area contributed by atoms with E-state index < -0.39 is 6.10 Å². The molecule has 0 aliphatic rings. The van der Waals surface area contributed by atoms with Crippen LogP contribution in [0.5, 0.6) is 0 Å². The number of nitrogens with zero attached hydrogens (tertiary/aromatic N) is 1. The molecule has 2 rings (SSSR count). The highest BCUT2D eigenvalue weighted by Crippen LogP contribution is 2.28. The zero-order chi connectivity index (χ0) is 14.9. The van der Waals surface area contributed by atoms with Crippen LogP contribution in [0.4, 0.5) is 0 Å². The number of thiazole rings is 1. The van der Waals surface area contributed by atoms with Gasteiger partial charge in [0.1, 0.15) is 0 Å². The van der Waals surface area contributed by atoms with Crippen LogP contribution in [0.1, 0.15) is 48.7 Å². The van der Waals surface area contributed by atoms with E-state index in [0.29, 0.717) is 6.42 Å². The number of hydrogen-bond donors (Lipinski definition) is 1. The minimum absolute atomic E-state index is 0.0609. The molecule has 1 unspecified atom stereocenters. The van der Waals surface area contributed by atoms with Crippen LogP contribution in [0.25, 0.3) is 0 Å². The summed E-state index contributed by atoms with van der Waals surface area (Å²) in [5.74, 6) is 0. The standard InChI is InChI=1S/C16H20BrNOS/c1-10-5-6-11(17)7-12(10)13(19)8-15-18-14(9-20-15)16(2,3)4/h5-7,9,13,19H,8H2,1-4H3. The second-order valence-corrected chi connectivity index (χ2v) is 7.96. The van der Waals surface area contributed by atoms with Crippen LogP contribution in [0.2, 0.25) is 0 Å². The van der Waals surface area contributed by atoms with Crippen LogP contribution >= 0.6 is 27.3 Å². The van der Waals surface area contributed by atoms with Crippen molar-refractivity contribution in [3.63, 3.8) is 0 Å². The Kier molecular flexibility index (Phi) is 4.67. The largest absolute Gasteiger partial charge is 0.388 e. The van der Waals surface area contributed by atoms with Gasteiger partial charge < -0.3 is 5.11 Å². The van der Waals surface area contributed by atoms with Crippen LogP contribution < -0.4 is 0 Å². The van der Waals surface area contributed by atoms with Gasteiger partial charge >= 0.3 is 0 Å². The molecule has 0 saturated carbocycles. The Bertz CT molecular complexity index is 601. The van der Waals surface area contributed by atoms with Crippen LogP contribution in [0.15, 0.2) is 28.1 Å². The van der Waals surface area contributed by atoms with Crippen molar-refractivity contribution in [2.24, 2.45) is 0 Å². The van der Waals surface area contributed by atoms with Crippen molar-refractivity contribution in [1.29, 1.82) is 0 Å². The fraction of sp³-hybridized carbons (Fsp3) is 0.438. The minimum atomic E-state index is -0.508. The van der Waals surface area contributed by atoms with Gasteiger partial charge in [0.25, 0.3) is 0 Å². The summed E-state index contributed by atoms with van der Waals surface area (Å²) in [4.78, 5) is 4.65. The minimum Gasteiger partial charge on any atom is -0.388 e. The molecule has 20 heavy (non-hydrogen) atoms. The number of aromatic nitrogens is 1. The van der Waals surface area contributed by atoms with E-state index >= 15 is 0 Å². The second-order valence-electron chi connectivity index (χ2n) is 6.10. The first-order valence-corrected chi connectivity index (χ1v) is 8.33. The topological polar surface area (TPSA) is 33.1 Å². The zero-order valence-corrected chi connectivity index (χ0v) is 14.7. The number of aliphatic hydroxyl groups excluding tert-OH is 1. The summed E-state index contributed by atoms with van der Waals surface area (Å²) in [6, 6.07) is 6.00. The molecule has 0 amide bonds. The van der Waals surface area contributed by atoms with Gasteiger partial charge in [-0.2, -0.15) is 0 Å². The average Bonchev–Trinajstić information content (AvgIpc) is 2.80. The summed E-state index contributed by atoms with van der Waals surface area (Å²) in [6.07, 6.45) is 0.0596. The van der Waals surface area contributed by atoms with Gasteiger partial charge in [0, 0.05) is 21.7 Å². The summed E-state index contributed by atoms with van der Waals surface area (Å²) in [5.41, 5.74) is 3.22. The van der Waals surface area contributed by atoms with Crippen molar-refractivity contribution in [2.75, 3.05) is 0 Å². The lowest BCUT2D eigenvalue weighted by molar-refractivity contribution is 0.177. The number of aryl methyl sites for hydroxylation is 1. The Hall–Kier alpha value is -0.710. The molecule has 0 radical (unpaired) electrons. The molecule has 2 nitrogen and oxygen atoms in total. The van der Waals surface area contributed by atoms with E-state index in [1.54, 1.807) is 11.3 Å². The maximum absolute atomic E-state index is 10.4. The van der Waals surface area contributed by atoms with Gasteiger partial charge in [0.15, 0.2) is 0 Å². The third-order valence-corrected chi connectivity index (χ3v) is 4.65. The van der Waals surface area contributed by atoms with Crippen molar-refractivity contribution in [1.82, 2.24) is 4.98 Å². The highest BCUT2D eigenvalue weighted by molar-refractivity contribution is 9.10. The molecule has 1 heterocycles. The van der Waals surface area contributed by atoms with Crippen molar-refractivity contribution in [2.45, 2.75) is 45.6 Å². The maximum atomic E-state index is 10.4. The van der Waals surface area contributed by atoms with E-state index in [0.717, 1.165) is 26.3 Å². The Morgan fingerprint density at radius 1 is 1.35 bits per heavy atom. The van der Waals surface area contributed by atoms with E-state index in [2.05, 4.69) is 47.1 Å². The number of halogens is 1. The van der Waals surface area contributed by atoms with E-state index in [1.165, 1.54) is 0 Å². The third-order valence-electron chi connectivity index (χ3n) is 3.29. The van der Waals surface area contributed by atoms with Crippen molar-refractivity contribution >= 4 is 27.3 Å². The summed E-state index contributed by atoms with van der Waals surface area (Å²) >= 11 is 5.08. The van der Waals surface area contributed by atoms with Gasteiger partial charge in [-0.1, -0.05) is 42.8 Å². The molecule has 1 aromatic carbocycles. The Morgan fingerprint density at radius 3 is 2.65 bits per heavy atom. The molecule has 108 valence electrons. The molecule has 0 aliphatic carbocycles. The molecule has 0 spiro atoms. The summed E-state index contributed by atoms with van der Waals surface area (Å²) in [5, 5.41) is 13.5. The molecule has 0 bridgehead atoms. The first-order chi connectivity index (χ1) is 9.27. The third kappa shape index (κ3) is 3.68. The van der Waals surface area contributed by atoms with Crippen LogP contribution in [0, 0.1) is 6.92 Å². The molecule has 4 heteroatoms. The molecule has 1 atom stereocenters. The second kappa shape index (κ2) is 5.96. The number of aliphatic hydroxyl groups is 1. The van der Waals surface area contributed by atoms with E-state index in [9.17, 15) is 5.11 Å². The summed E-state index contributed by atoms with van der Waals surface area (Å²) < 4.78 is 0.992. The normalized spacial score (nSPS) is 13.5. The SMILES string of the molecule is Cc1ccc(Br)cc1C(O)Cc1nc(C(C)(C)C)cs1. The highest BCUT2D eigenvalue weighted by atomic mass is 79.9. The van der Waals surface area contributed by atoms with Crippen molar-refractivity contribution < 1.29 is 5.11 Å². The summed E-state index contributed by atoms with van der Waals surface area (Å²) in [7, 11) is 0. The van der Waals surface area contributed by atoms with Gasteiger partial charge in [0.2, 0.25) is 0 Å². The van der Waals surface area contributed by atoms with Gasteiger partial charge in [-0.05, 0) is 30.2 Å². The van der Waals surface area contributed by atoms with Gasteiger partial charge in [-0.25, -0.2) is 4.98 Å². The summed E-state index contributed by atoms with van der Waals surface area (Å²) in [6.45, 7) is 8.48. The zero-order valence-electron chi connectivity index (χ0n) is 12.3. The lowest BCUT2D eigenvalue weighted by atomic mass is 9.93. The Labute approximate surface area is 133 Å². The highest BCUT2D eigenvalue weighted by Gasteiger charge is 2.19. The molecular formula is C16H20BrNOS. The monoisotopic (exact) mass is 353 g/mol. The predicted molar refractivity (Wildman–Crippen MR) is 88.4 cm³/mol. The molecule has 1 aromatic heterocycles. The fourth-order valence-corrected chi connectivity index (χ4v) is 3.43. The Morgan fingerprint density at radius 2 is 2.05 bits per heavy atom. The van der Waals surface area contributed by atoms with Crippen LogP contribution in [-0.2, 0) is 11.8 Å². The lowest BCUT2D eigenvalue weighted by Crippen LogP contribution is -2.12. The van der Waals surface area contributed by atoms with E-state index in [1.807, 2.05) is 25.1 Å². The van der Waals surface area contributed by atoms with Crippen LogP contribution in [-0.4, -0.2) is 10.1 Å². The van der Waals surface area contributed by atoms with E-state index in [-0.39, 0.29) is 5.41 Å². The molecule has 0 fully saturated rings. The first-order valence-electron chi connectivity index (χ1n) is 6.66. The maximum Gasteiger partial charge on any atom is 0.0957 e. The predicted octanol–water partition coefficient (Wildman–Crippen LogP) is 4.79. The molecule has 2 aromatic rings. The lowest BCUT2D eigenvalue weighted by Gasteiger charge is -2.15. The fourth-order valence-electron chi connectivity index (χ4n) is 1.99. The van der Waals surface area contributed by atoms with Gasteiger partial charge in [-0.3, -0.25) is 0 Å². The van der Waals surface area contributed by atoms with Crippen molar-refractivity contribution in [3.8, 4) is 0 Å². The molecule has 1 N–H and O–H groups in total. The number of rotatable bonds is 3. The molecular weight excluding hydrogens is 334 g/mol. The molecule has 0 aliphatic heterocycles. The number of benzene rings is 1. The van der Waals surface area contributed by atoms with Crippen molar-refractivity contribution in [3.05, 3.63) is 49.9 Å².